The van der Waals surface area contributed by atoms with Crippen molar-refractivity contribution in [1.82, 2.24) is 4.98 Å². The topological polar surface area (TPSA) is 76.1 Å². The first kappa shape index (κ1) is 15.0. The lowest BCUT2D eigenvalue weighted by Crippen LogP contribution is -2.14. The molecule has 0 spiro atoms. The predicted octanol–water partition coefficient (Wildman–Crippen LogP) is 2.33. The van der Waals surface area contributed by atoms with Crippen LogP contribution in [0.4, 0.5) is 14.5 Å². The molecule has 1 amide bonds. The van der Waals surface area contributed by atoms with Crippen LogP contribution in [0.15, 0.2) is 53.7 Å². The standard InChI is InChI=1S/C13H10F2N2O3S/c14-13(15)21(19,20)11-3-1-9(2-4-11)12(18)17-10-5-7-16-8-6-10/h1-8,13H,(H,16,17,18). The first-order valence-corrected chi connectivity index (χ1v) is 7.29. The van der Waals surface area contributed by atoms with E-state index in [9.17, 15) is 22.0 Å². The van der Waals surface area contributed by atoms with Gasteiger partial charge in [0, 0.05) is 23.6 Å². The maximum Gasteiger partial charge on any atom is 0.341 e. The largest absolute Gasteiger partial charge is 0.341 e. The minimum Gasteiger partial charge on any atom is -0.322 e. The monoisotopic (exact) mass is 312 g/mol. The van der Waals surface area contributed by atoms with Crippen LogP contribution in [-0.4, -0.2) is 25.1 Å². The Morgan fingerprint density at radius 1 is 1.05 bits per heavy atom. The number of nitrogens with one attached hydrogen (secondary N) is 1. The average molecular weight is 312 g/mol. The number of carbonyl (C=O) groups excluding carboxylic acids is 1. The van der Waals surface area contributed by atoms with Gasteiger partial charge in [-0.15, -0.1) is 0 Å². The Hall–Kier alpha value is -2.35. The van der Waals surface area contributed by atoms with Gasteiger partial charge in [-0.25, -0.2) is 8.42 Å². The maximum atomic E-state index is 12.4. The van der Waals surface area contributed by atoms with Crippen LogP contribution in [0, 0.1) is 0 Å². The van der Waals surface area contributed by atoms with Crippen LogP contribution >= 0.6 is 0 Å². The molecule has 8 heteroatoms. The van der Waals surface area contributed by atoms with Gasteiger partial charge in [0.1, 0.15) is 0 Å². The third-order valence-electron chi connectivity index (χ3n) is 2.62. The van der Waals surface area contributed by atoms with Crippen LogP contribution in [0.5, 0.6) is 0 Å². The fourth-order valence-corrected chi connectivity index (χ4v) is 2.26. The van der Waals surface area contributed by atoms with Gasteiger partial charge in [0.05, 0.1) is 4.90 Å². The summed E-state index contributed by atoms with van der Waals surface area (Å²) in [6, 6.07) is 7.45. The number of halogens is 2. The highest BCUT2D eigenvalue weighted by Crippen LogP contribution is 2.19. The van der Waals surface area contributed by atoms with Crippen LogP contribution in [0.1, 0.15) is 10.4 Å². The van der Waals surface area contributed by atoms with E-state index in [2.05, 4.69) is 10.3 Å². The number of carbonyl (C=O) groups is 1. The molecule has 0 aliphatic rings. The van der Waals surface area contributed by atoms with Gasteiger partial charge in [0.25, 0.3) is 5.91 Å². The van der Waals surface area contributed by atoms with Crippen molar-refractivity contribution in [3.05, 3.63) is 54.4 Å². The zero-order valence-corrected chi connectivity index (χ0v) is 11.3. The second-order valence-electron chi connectivity index (χ2n) is 4.02. The molecule has 0 aliphatic heterocycles. The number of pyridine rings is 1. The summed E-state index contributed by atoms with van der Waals surface area (Å²) in [7, 11) is -4.65. The summed E-state index contributed by atoms with van der Waals surface area (Å²) in [6.45, 7) is 0. The first-order valence-electron chi connectivity index (χ1n) is 5.75. The molecular formula is C13H10F2N2O3S. The lowest BCUT2D eigenvalue weighted by atomic mass is 10.2. The van der Waals surface area contributed by atoms with Gasteiger partial charge in [-0.1, -0.05) is 0 Å². The van der Waals surface area contributed by atoms with Gasteiger partial charge in [-0.05, 0) is 36.4 Å². The van der Waals surface area contributed by atoms with Gasteiger partial charge < -0.3 is 5.32 Å². The minimum atomic E-state index is -4.65. The lowest BCUT2D eigenvalue weighted by Gasteiger charge is -2.06. The van der Waals surface area contributed by atoms with E-state index >= 15 is 0 Å². The van der Waals surface area contributed by atoms with Crippen molar-refractivity contribution in [1.29, 1.82) is 0 Å². The van der Waals surface area contributed by atoms with Crippen molar-refractivity contribution in [3.63, 3.8) is 0 Å². The molecule has 1 heterocycles. The van der Waals surface area contributed by atoms with Crippen LogP contribution in [-0.2, 0) is 9.84 Å². The van der Waals surface area contributed by atoms with Crippen LogP contribution in [0.25, 0.3) is 0 Å². The molecule has 0 radical (unpaired) electrons. The van der Waals surface area contributed by atoms with E-state index in [1.807, 2.05) is 0 Å². The Kier molecular flexibility index (Phi) is 4.27. The summed E-state index contributed by atoms with van der Waals surface area (Å²) in [5.74, 6) is -3.98. The molecule has 0 unspecified atom stereocenters. The Morgan fingerprint density at radius 3 is 2.14 bits per heavy atom. The average Bonchev–Trinajstić information content (AvgIpc) is 2.48. The normalized spacial score (nSPS) is 11.4. The molecule has 0 saturated carbocycles. The SMILES string of the molecule is O=C(Nc1ccncc1)c1ccc(S(=O)(=O)C(F)F)cc1. The smallest absolute Gasteiger partial charge is 0.322 e. The van der Waals surface area contributed by atoms with E-state index in [-0.39, 0.29) is 5.56 Å². The Balaban J connectivity index is 2.18. The number of alkyl halides is 2. The molecule has 110 valence electrons. The zero-order chi connectivity index (χ0) is 15.5. The maximum absolute atomic E-state index is 12.4. The Labute approximate surface area is 119 Å². The Morgan fingerprint density at radius 2 is 1.62 bits per heavy atom. The molecule has 0 atom stereocenters. The van der Waals surface area contributed by atoms with Gasteiger partial charge in [-0.2, -0.15) is 8.78 Å². The predicted molar refractivity (Wildman–Crippen MR) is 71.8 cm³/mol. The quantitative estimate of drug-likeness (QED) is 0.940. The molecule has 21 heavy (non-hydrogen) atoms. The summed E-state index contributed by atoms with van der Waals surface area (Å²) < 4.78 is 47.2. The molecule has 0 fully saturated rings. The van der Waals surface area contributed by atoms with Crippen molar-refractivity contribution >= 4 is 21.4 Å². The molecule has 0 aliphatic carbocycles. The van der Waals surface area contributed by atoms with E-state index in [1.165, 1.54) is 24.5 Å². The number of amides is 1. The molecule has 0 bridgehead atoms. The summed E-state index contributed by atoms with van der Waals surface area (Å²) in [4.78, 5) is 15.1. The van der Waals surface area contributed by atoms with Crippen LogP contribution in [0.3, 0.4) is 0 Å². The number of aromatic nitrogens is 1. The van der Waals surface area contributed by atoms with E-state index in [4.69, 9.17) is 0 Å². The van der Waals surface area contributed by atoms with Gasteiger partial charge in [0.2, 0.25) is 9.84 Å². The highest BCUT2D eigenvalue weighted by atomic mass is 32.2. The van der Waals surface area contributed by atoms with E-state index < -0.39 is 26.4 Å². The third kappa shape index (κ3) is 3.40. The summed E-state index contributed by atoms with van der Waals surface area (Å²) in [5.41, 5.74) is 0.666. The van der Waals surface area contributed by atoms with Gasteiger partial charge in [0.15, 0.2) is 0 Å². The number of hydrogen-bond donors (Lipinski definition) is 1. The van der Waals surface area contributed by atoms with Crippen molar-refractivity contribution in [3.8, 4) is 0 Å². The fraction of sp³-hybridized carbons (Fsp3) is 0.0769. The van der Waals surface area contributed by atoms with Gasteiger partial charge >= 0.3 is 5.76 Å². The zero-order valence-electron chi connectivity index (χ0n) is 10.5. The van der Waals surface area contributed by atoms with E-state index in [0.717, 1.165) is 12.1 Å². The number of sulfone groups is 1. The lowest BCUT2D eigenvalue weighted by molar-refractivity contribution is 0.102. The minimum absolute atomic E-state index is 0.153. The number of rotatable bonds is 4. The second-order valence-corrected chi connectivity index (χ2v) is 5.94. The number of anilines is 1. The highest BCUT2D eigenvalue weighted by molar-refractivity contribution is 7.91. The third-order valence-corrected chi connectivity index (χ3v) is 4.02. The molecule has 2 aromatic rings. The molecule has 0 saturated heterocycles. The van der Waals surface area contributed by atoms with Crippen molar-refractivity contribution < 1.29 is 22.0 Å². The first-order chi connectivity index (χ1) is 9.91. The number of benzene rings is 1. The van der Waals surface area contributed by atoms with E-state index in [1.54, 1.807) is 12.1 Å². The molecule has 1 aromatic heterocycles. The van der Waals surface area contributed by atoms with Crippen LogP contribution < -0.4 is 5.32 Å². The van der Waals surface area contributed by atoms with Crippen molar-refractivity contribution in [2.75, 3.05) is 5.32 Å². The van der Waals surface area contributed by atoms with E-state index in [0.29, 0.717) is 5.69 Å². The summed E-state index contributed by atoms with van der Waals surface area (Å²) in [6.07, 6.45) is 2.99. The molecular weight excluding hydrogens is 302 g/mol. The molecule has 2 rings (SSSR count). The van der Waals surface area contributed by atoms with Gasteiger partial charge in [-0.3, -0.25) is 9.78 Å². The summed E-state index contributed by atoms with van der Waals surface area (Å²) in [5, 5.41) is 2.56. The molecule has 1 N–H and O–H groups in total. The Bertz CT molecular complexity index is 732. The highest BCUT2D eigenvalue weighted by Gasteiger charge is 2.26. The van der Waals surface area contributed by atoms with Crippen LogP contribution in [0.2, 0.25) is 0 Å². The second kappa shape index (κ2) is 5.96. The fourth-order valence-electron chi connectivity index (χ4n) is 1.54. The van der Waals surface area contributed by atoms with Crippen molar-refractivity contribution in [2.24, 2.45) is 0 Å². The van der Waals surface area contributed by atoms with Crippen molar-refractivity contribution in [2.45, 2.75) is 10.7 Å². The number of nitrogens with zero attached hydrogens (tertiary/aromatic N) is 1. The number of hydrogen-bond acceptors (Lipinski definition) is 4. The molecule has 5 nitrogen and oxygen atoms in total. The molecule has 1 aromatic carbocycles. The summed E-state index contributed by atoms with van der Waals surface area (Å²) >= 11 is 0.